The van der Waals surface area contributed by atoms with Crippen molar-refractivity contribution in [1.82, 2.24) is 0 Å². The monoisotopic (exact) mass is 450 g/mol. The summed E-state index contributed by atoms with van der Waals surface area (Å²) < 4.78 is 4.82. The van der Waals surface area contributed by atoms with Gasteiger partial charge in [0.05, 0.1) is 0 Å². The van der Waals surface area contributed by atoms with Crippen molar-refractivity contribution < 1.29 is 33.9 Å². The van der Waals surface area contributed by atoms with Gasteiger partial charge in [-0.1, -0.05) is 38.5 Å². The van der Waals surface area contributed by atoms with Crippen LogP contribution in [0.15, 0.2) is 49.1 Å². The Balaban J connectivity index is 0.00000225. The smallest absolute Gasteiger partial charge is 0.171 e. The third-order valence-electron chi connectivity index (χ3n) is 6.10. The zero-order chi connectivity index (χ0) is 19.3. The third-order valence-corrected chi connectivity index (χ3v) is 6.10. The van der Waals surface area contributed by atoms with E-state index < -0.39 is 0 Å². The van der Waals surface area contributed by atoms with E-state index in [-0.39, 0.29) is 24.8 Å². The van der Waals surface area contributed by atoms with Crippen LogP contribution in [0.3, 0.4) is 0 Å². The van der Waals surface area contributed by atoms with E-state index in [4.69, 9.17) is 0 Å². The van der Waals surface area contributed by atoms with Crippen molar-refractivity contribution in [2.45, 2.75) is 103 Å². The maximum absolute atomic E-state index is 2.41. The van der Waals surface area contributed by atoms with Crippen LogP contribution in [0.1, 0.15) is 88.2 Å². The Morgan fingerprint density at radius 2 is 0.833 bits per heavy atom. The van der Waals surface area contributed by atoms with Crippen molar-refractivity contribution in [3.8, 4) is 0 Å². The van der Waals surface area contributed by atoms with Crippen LogP contribution in [0.4, 0.5) is 0 Å². The molecule has 0 unspecified atom stereocenters. The first-order valence-corrected chi connectivity index (χ1v) is 11.9. The maximum atomic E-state index is 2.41. The SMILES string of the molecule is [Cl-].[Cl-].c1cc2c[n+](c1)CCCCCCCCc1ccc[n+](c1)CCCCCCCC2. The number of aromatic nitrogens is 2. The summed E-state index contributed by atoms with van der Waals surface area (Å²) in [5, 5.41) is 0. The molecule has 4 heteroatoms. The molecule has 0 radical (unpaired) electrons. The molecule has 0 N–H and O–H groups in total. The van der Waals surface area contributed by atoms with E-state index in [1.54, 1.807) is 0 Å². The van der Waals surface area contributed by atoms with Gasteiger partial charge in [0.2, 0.25) is 0 Å². The van der Waals surface area contributed by atoms with Crippen LogP contribution < -0.4 is 33.9 Å². The summed E-state index contributed by atoms with van der Waals surface area (Å²) >= 11 is 0. The zero-order valence-electron chi connectivity index (χ0n) is 18.6. The lowest BCUT2D eigenvalue weighted by atomic mass is 10.0. The number of nitrogens with zero attached hydrogens (tertiary/aromatic N) is 2. The number of rotatable bonds is 0. The number of pyridine rings is 2. The maximum Gasteiger partial charge on any atom is 0.171 e. The van der Waals surface area contributed by atoms with Gasteiger partial charge in [0.15, 0.2) is 24.8 Å². The van der Waals surface area contributed by atoms with Crippen molar-refractivity contribution in [2.24, 2.45) is 0 Å². The molecule has 0 aromatic carbocycles. The number of hydrogen-bond acceptors (Lipinski definition) is 0. The molecule has 0 atom stereocenters. The fraction of sp³-hybridized carbons (Fsp3) is 0.615. The molecule has 168 valence electrons. The van der Waals surface area contributed by atoms with E-state index >= 15 is 0 Å². The average Bonchev–Trinajstić information content (AvgIpc) is 2.72. The fourth-order valence-corrected chi connectivity index (χ4v) is 4.39. The summed E-state index contributed by atoms with van der Waals surface area (Å²) in [7, 11) is 0. The van der Waals surface area contributed by atoms with Crippen molar-refractivity contribution in [3.63, 3.8) is 0 Å². The molecular formula is C26H40Cl2N2. The lowest BCUT2D eigenvalue weighted by Gasteiger charge is -2.05. The van der Waals surface area contributed by atoms with Crippen molar-refractivity contribution in [2.75, 3.05) is 0 Å². The van der Waals surface area contributed by atoms with Crippen LogP contribution in [0.5, 0.6) is 0 Å². The zero-order valence-corrected chi connectivity index (χ0v) is 20.1. The van der Waals surface area contributed by atoms with Gasteiger partial charge in [0.1, 0.15) is 13.1 Å². The van der Waals surface area contributed by atoms with E-state index in [9.17, 15) is 0 Å². The Kier molecular flexibility index (Phi) is 14.9. The molecule has 30 heavy (non-hydrogen) atoms. The molecule has 2 aromatic heterocycles. The Morgan fingerprint density at radius 3 is 1.27 bits per heavy atom. The van der Waals surface area contributed by atoms with Crippen LogP contribution in [0.2, 0.25) is 0 Å². The highest BCUT2D eigenvalue weighted by molar-refractivity contribution is 5.05. The van der Waals surface area contributed by atoms with Crippen molar-refractivity contribution in [1.29, 1.82) is 0 Å². The van der Waals surface area contributed by atoms with Crippen molar-refractivity contribution >= 4 is 0 Å². The van der Waals surface area contributed by atoms with Gasteiger partial charge < -0.3 is 24.8 Å². The summed E-state index contributed by atoms with van der Waals surface area (Å²) in [5.74, 6) is 0. The Hall–Kier alpha value is -1.12. The number of fused-ring (bicyclic) bond motifs is 4. The minimum Gasteiger partial charge on any atom is -1.00 e. The molecule has 3 rings (SSSR count). The molecule has 1 aliphatic heterocycles. The Labute approximate surface area is 196 Å². The predicted octanol–water partition coefficient (Wildman–Crippen LogP) is -0.250. The van der Waals surface area contributed by atoms with Gasteiger partial charge in [-0.05, 0) is 50.7 Å². The molecular weight excluding hydrogens is 411 g/mol. The molecule has 1 aliphatic rings. The molecule has 0 spiro atoms. The third kappa shape index (κ3) is 10.8. The molecule has 0 saturated carbocycles. The predicted molar refractivity (Wildman–Crippen MR) is 116 cm³/mol. The van der Waals surface area contributed by atoms with E-state index in [0.717, 1.165) is 0 Å². The van der Waals surface area contributed by atoms with Gasteiger partial charge in [-0.2, -0.15) is 0 Å². The van der Waals surface area contributed by atoms with E-state index in [2.05, 4.69) is 58.2 Å². The number of hydrogen-bond donors (Lipinski definition) is 0. The van der Waals surface area contributed by atoms with Gasteiger partial charge in [0.25, 0.3) is 0 Å². The van der Waals surface area contributed by atoms with Crippen LogP contribution in [0.25, 0.3) is 0 Å². The summed E-state index contributed by atoms with van der Waals surface area (Å²) in [5.41, 5.74) is 3.03. The summed E-state index contributed by atoms with van der Waals surface area (Å²) in [6.07, 6.45) is 28.0. The van der Waals surface area contributed by atoms with Crippen molar-refractivity contribution in [3.05, 3.63) is 60.2 Å². The summed E-state index contributed by atoms with van der Waals surface area (Å²) in [4.78, 5) is 0. The van der Waals surface area contributed by atoms with E-state index in [0.29, 0.717) is 0 Å². The first kappa shape index (κ1) is 26.9. The van der Waals surface area contributed by atoms with Crippen LogP contribution in [0, 0.1) is 0 Å². The highest BCUT2D eigenvalue weighted by Gasteiger charge is 2.05. The quantitative estimate of drug-likeness (QED) is 0.489. The van der Waals surface area contributed by atoms with Gasteiger partial charge in [-0.25, -0.2) is 9.13 Å². The highest BCUT2D eigenvalue weighted by Crippen LogP contribution is 2.11. The molecule has 0 saturated heterocycles. The Morgan fingerprint density at radius 1 is 0.467 bits per heavy atom. The lowest BCUT2D eigenvalue weighted by Crippen LogP contribution is -3.00. The first-order chi connectivity index (χ1) is 13.9. The van der Waals surface area contributed by atoms with Gasteiger partial charge in [-0.3, -0.25) is 0 Å². The minimum absolute atomic E-state index is 0. The fourth-order valence-electron chi connectivity index (χ4n) is 4.39. The topological polar surface area (TPSA) is 7.76 Å². The van der Waals surface area contributed by atoms with Crippen LogP contribution in [-0.2, 0) is 25.9 Å². The average molecular weight is 452 g/mol. The molecule has 4 bridgehead atoms. The molecule has 0 aliphatic carbocycles. The standard InChI is InChI=1S/C26H40N2.2ClH/c1-3-7-11-19-27-21-14-18-26(24-27)16-10-6-2-4-8-12-20-28-22-13-17-25(23-28)15-9-5-1;;/h13-14,17-18,21-24H,1-12,15-16,19-20H2;2*1H/q+2;;/p-2. The van der Waals surface area contributed by atoms with Crippen LogP contribution >= 0.6 is 0 Å². The number of halogens is 2. The van der Waals surface area contributed by atoms with Gasteiger partial charge >= 0.3 is 0 Å². The summed E-state index contributed by atoms with van der Waals surface area (Å²) in [6, 6.07) is 9.08. The minimum atomic E-state index is 0. The van der Waals surface area contributed by atoms with E-state index in [1.165, 1.54) is 114 Å². The second-order valence-corrected chi connectivity index (χ2v) is 8.64. The van der Waals surface area contributed by atoms with Gasteiger partial charge in [0, 0.05) is 36.1 Å². The normalized spacial score (nSPS) is 17.3. The molecule has 0 amide bonds. The molecule has 3 heterocycles. The second-order valence-electron chi connectivity index (χ2n) is 8.64. The second kappa shape index (κ2) is 16.6. The first-order valence-electron chi connectivity index (χ1n) is 11.9. The molecule has 2 nitrogen and oxygen atoms in total. The molecule has 2 aromatic rings. The van der Waals surface area contributed by atoms with Crippen LogP contribution in [-0.4, -0.2) is 0 Å². The largest absolute Gasteiger partial charge is 1.00 e. The van der Waals surface area contributed by atoms with E-state index in [1.807, 2.05) is 0 Å². The Bertz CT molecular complexity index is 580. The number of aryl methyl sites for hydroxylation is 4. The lowest BCUT2D eigenvalue weighted by molar-refractivity contribution is -0.697. The summed E-state index contributed by atoms with van der Waals surface area (Å²) in [6.45, 7) is 2.36. The highest BCUT2D eigenvalue weighted by atomic mass is 35.5. The van der Waals surface area contributed by atoms with Gasteiger partial charge in [-0.15, -0.1) is 0 Å². The molecule has 0 fully saturated rings.